The molecule has 2 aliphatic rings. The van der Waals surface area contributed by atoms with E-state index >= 15 is 0 Å². The Morgan fingerprint density at radius 1 is 0.844 bits per heavy atom. The van der Waals surface area contributed by atoms with Gasteiger partial charge in [-0.2, -0.15) is 0 Å². The summed E-state index contributed by atoms with van der Waals surface area (Å²) in [6.07, 6.45) is 2.92. The normalized spacial score (nSPS) is 17.5. The lowest BCUT2D eigenvalue weighted by molar-refractivity contribution is -0.134. The minimum Gasteiger partial charge on any atom is -0.340 e. The number of hydrogen-bond acceptors (Lipinski definition) is 3. The number of carbonyl (C=O) groups excluding carboxylic acids is 1. The van der Waals surface area contributed by atoms with Crippen LogP contribution < -0.4 is 5.32 Å². The highest BCUT2D eigenvalue weighted by Gasteiger charge is 2.29. The van der Waals surface area contributed by atoms with E-state index in [0.29, 0.717) is 18.2 Å². The maximum absolute atomic E-state index is 12.8. The largest absolute Gasteiger partial charge is 0.340 e. The molecule has 32 heavy (non-hydrogen) atoms. The average Bonchev–Trinajstić information content (AvgIpc) is 2.78. The van der Waals surface area contributed by atoms with Gasteiger partial charge >= 0.3 is 0 Å². The quantitative estimate of drug-likeness (QED) is 0.570. The molecule has 2 heterocycles. The van der Waals surface area contributed by atoms with Gasteiger partial charge in [0.05, 0.1) is 6.04 Å². The van der Waals surface area contributed by atoms with Crippen LogP contribution in [0.1, 0.15) is 36.4 Å². The van der Waals surface area contributed by atoms with Crippen molar-refractivity contribution in [2.45, 2.75) is 25.3 Å². The number of piperazine rings is 1. The van der Waals surface area contributed by atoms with Crippen LogP contribution in [0.25, 0.3) is 0 Å². The molecule has 0 bridgehead atoms. The molecule has 0 spiro atoms. The Morgan fingerprint density at radius 3 is 1.78 bits per heavy atom. The first-order chi connectivity index (χ1) is 14.6. The fourth-order valence-electron chi connectivity index (χ4n) is 4.60. The van der Waals surface area contributed by atoms with Gasteiger partial charge in [0.25, 0.3) is 0 Å². The van der Waals surface area contributed by atoms with Crippen LogP contribution in [0.15, 0.2) is 48.5 Å². The first-order valence-electron chi connectivity index (χ1n) is 10.8. The van der Waals surface area contributed by atoms with Gasteiger partial charge in [-0.05, 0) is 67.2 Å². The van der Waals surface area contributed by atoms with Gasteiger partial charge in [-0.1, -0.05) is 47.5 Å². The van der Waals surface area contributed by atoms with Crippen LogP contribution in [-0.2, 0) is 4.79 Å². The van der Waals surface area contributed by atoms with Crippen molar-refractivity contribution in [3.8, 4) is 0 Å². The number of carbonyl (C=O) groups is 1. The Bertz CT molecular complexity index is 788. The summed E-state index contributed by atoms with van der Waals surface area (Å²) in [4.78, 5) is 17.3. The monoisotopic (exact) mass is 517 g/mol. The second-order valence-electron chi connectivity index (χ2n) is 8.32. The van der Waals surface area contributed by atoms with Gasteiger partial charge in [0.2, 0.25) is 5.91 Å². The minimum absolute atomic E-state index is 0. The standard InChI is InChI=1S/C24H29Cl2N3O.2ClH/c25-21-5-1-19(2-6-21)24(20-3-7-22(26)8-4-20)29-15-13-28(14-16-29)23(30)17-18-9-11-27-12-10-18;;/h1-8,18,24,27H,9-17H2;2*1H. The van der Waals surface area contributed by atoms with Crippen LogP contribution in [-0.4, -0.2) is 55.0 Å². The van der Waals surface area contributed by atoms with Crippen LogP contribution in [0.5, 0.6) is 0 Å². The van der Waals surface area contributed by atoms with E-state index in [4.69, 9.17) is 23.2 Å². The third kappa shape index (κ3) is 6.99. The molecule has 0 saturated carbocycles. The van der Waals surface area contributed by atoms with Crippen molar-refractivity contribution >= 4 is 53.9 Å². The molecule has 0 unspecified atom stereocenters. The van der Waals surface area contributed by atoms with E-state index < -0.39 is 0 Å². The molecule has 0 aliphatic carbocycles. The molecule has 1 N–H and O–H groups in total. The van der Waals surface area contributed by atoms with Crippen molar-refractivity contribution in [2.24, 2.45) is 5.92 Å². The van der Waals surface area contributed by atoms with Gasteiger partial charge in [-0.25, -0.2) is 0 Å². The number of piperidine rings is 1. The molecule has 0 atom stereocenters. The zero-order valence-corrected chi connectivity index (χ0v) is 21.2. The highest BCUT2D eigenvalue weighted by atomic mass is 35.5. The Labute approximate surface area is 213 Å². The Morgan fingerprint density at radius 2 is 1.31 bits per heavy atom. The third-order valence-corrected chi connectivity index (χ3v) is 6.83. The van der Waals surface area contributed by atoms with Crippen LogP contribution >= 0.6 is 48.0 Å². The number of nitrogens with zero attached hydrogens (tertiary/aromatic N) is 2. The summed E-state index contributed by atoms with van der Waals surface area (Å²) < 4.78 is 0. The molecule has 2 aromatic rings. The van der Waals surface area contributed by atoms with Crippen molar-refractivity contribution in [1.82, 2.24) is 15.1 Å². The molecule has 8 heteroatoms. The second kappa shape index (κ2) is 13.0. The molecule has 2 saturated heterocycles. The Balaban J connectivity index is 0.00000181. The van der Waals surface area contributed by atoms with E-state index in [9.17, 15) is 4.79 Å². The molecule has 4 nitrogen and oxygen atoms in total. The van der Waals surface area contributed by atoms with E-state index in [2.05, 4.69) is 39.4 Å². The first-order valence-corrected chi connectivity index (χ1v) is 11.6. The van der Waals surface area contributed by atoms with E-state index in [1.54, 1.807) is 0 Å². The number of rotatable bonds is 5. The fraction of sp³-hybridized carbons (Fsp3) is 0.458. The van der Waals surface area contributed by atoms with Crippen LogP contribution in [0.4, 0.5) is 0 Å². The molecule has 2 aliphatic heterocycles. The zero-order valence-electron chi connectivity index (χ0n) is 18.0. The predicted molar refractivity (Wildman–Crippen MR) is 138 cm³/mol. The zero-order chi connectivity index (χ0) is 20.9. The van der Waals surface area contributed by atoms with Crippen molar-refractivity contribution < 1.29 is 4.79 Å². The lowest BCUT2D eigenvalue weighted by Crippen LogP contribution is -2.50. The average molecular weight is 519 g/mol. The molecule has 0 aromatic heterocycles. The third-order valence-electron chi connectivity index (χ3n) is 6.33. The lowest BCUT2D eigenvalue weighted by Gasteiger charge is -2.40. The SMILES string of the molecule is Cl.Cl.O=C(CC1CCNCC1)N1CCN(C(c2ccc(Cl)cc2)c2ccc(Cl)cc2)CC1. The van der Waals surface area contributed by atoms with E-state index in [-0.39, 0.29) is 30.9 Å². The smallest absolute Gasteiger partial charge is 0.222 e. The van der Waals surface area contributed by atoms with Gasteiger partial charge in [0, 0.05) is 42.6 Å². The summed E-state index contributed by atoms with van der Waals surface area (Å²) in [7, 11) is 0. The van der Waals surface area contributed by atoms with Gasteiger partial charge in [0.1, 0.15) is 0 Å². The number of hydrogen-bond donors (Lipinski definition) is 1. The number of amides is 1. The summed E-state index contributed by atoms with van der Waals surface area (Å²) in [5.41, 5.74) is 2.41. The van der Waals surface area contributed by atoms with Gasteiger partial charge in [-0.15, -0.1) is 24.8 Å². The molecule has 2 aromatic carbocycles. The molecule has 1 amide bonds. The topological polar surface area (TPSA) is 35.6 Å². The maximum atomic E-state index is 12.8. The molecule has 2 fully saturated rings. The van der Waals surface area contributed by atoms with Crippen LogP contribution in [0.3, 0.4) is 0 Å². The predicted octanol–water partition coefficient (Wildman–Crippen LogP) is 5.46. The highest BCUT2D eigenvalue weighted by molar-refractivity contribution is 6.30. The first kappa shape index (κ1) is 27.2. The summed E-state index contributed by atoms with van der Waals surface area (Å²) in [5, 5.41) is 4.85. The Hall–Kier alpha value is -1.01. The number of benzene rings is 2. The molecular formula is C24H31Cl4N3O. The molecule has 0 radical (unpaired) electrons. The van der Waals surface area contributed by atoms with Gasteiger partial charge in [0.15, 0.2) is 0 Å². The van der Waals surface area contributed by atoms with Crippen LogP contribution in [0, 0.1) is 5.92 Å². The number of halogens is 4. The minimum atomic E-state index is 0. The van der Waals surface area contributed by atoms with E-state index in [1.807, 2.05) is 24.3 Å². The summed E-state index contributed by atoms with van der Waals surface area (Å²) in [5.74, 6) is 0.851. The highest BCUT2D eigenvalue weighted by Crippen LogP contribution is 2.31. The number of nitrogens with one attached hydrogen (secondary N) is 1. The summed E-state index contributed by atoms with van der Waals surface area (Å²) >= 11 is 12.2. The van der Waals surface area contributed by atoms with E-state index in [0.717, 1.165) is 62.2 Å². The van der Waals surface area contributed by atoms with Crippen molar-refractivity contribution in [3.63, 3.8) is 0 Å². The second-order valence-corrected chi connectivity index (χ2v) is 9.19. The van der Waals surface area contributed by atoms with E-state index in [1.165, 1.54) is 11.1 Å². The van der Waals surface area contributed by atoms with Crippen molar-refractivity contribution in [2.75, 3.05) is 39.3 Å². The lowest BCUT2D eigenvalue weighted by atomic mass is 9.93. The van der Waals surface area contributed by atoms with Crippen molar-refractivity contribution in [3.05, 3.63) is 69.7 Å². The summed E-state index contributed by atoms with van der Waals surface area (Å²) in [6, 6.07) is 16.3. The van der Waals surface area contributed by atoms with Gasteiger partial charge < -0.3 is 10.2 Å². The maximum Gasteiger partial charge on any atom is 0.222 e. The van der Waals surface area contributed by atoms with Gasteiger partial charge in [-0.3, -0.25) is 9.69 Å². The molecular weight excluding hydrogens is 488 g/mol. The summed E-state index contributed by atoms with van der Waals surface area (Å²) in [6.45, 7) is 5.34. The Kier molecular flexibility index (Phi) is 11.1. The van der Waals surface area contributed by atoms with Crippen molar-refractivity contribution in [1.29, 1.82) is 0 Å². The molecule has 176 valence electrons. The molecule has 4 rings (SSSR count). The fourth-order valence-corrected chi connectivity index (χ4v) is 4.85. The van der Waals surface area contributed by atoms with Crippen LogP contribution in [0.2, 0.25) is 10.0 Å².